The van der Waals surface area contributed by atoms with E-state index in [2.05, 4.69) is 14.7 Å². The van der Waals surface area contributed by atoms with Crippen molar-refractivity contribution in [3.8, 4) is 17.6 Å². The first-order valence-electron chi connectivity index (χ1n) is 9.64. The Balaban J connectivity index is 1.54. The predicted octanol–water partition coefficient (Wildman–Crippen LogP) is 3.25. The molecule has 1 amide bonds. The lowest BCUT2D eigenvalue weighted by atomic mass is 10.1. The van der Waals surface area contributed by atoms with E-state index >= 15 is 0 Å². The van der Waals surface area contributed by atoms with Gasteiger partial charge in [-0.3, -0.25) is 10.1 Å². The normalized spacial score (nSPS) is 11.5. The molecular weight excluding hydrogens is 464 g/mol. The van der Waals surface area contributed by atoms with Gasteiger partial charge in [0.05, 0.1) is 0 Å². The molecule has 0 atom stereocenters. The number of benzene rings is 2. The van der Waals surface area contributed by atoms with Gasteiger partial charge in [-0.25, -0.2) is 8.42 Å². The van der Waals surface area contributed by atoms with Gasteiger partial charge in [0, 0.05) is 17.8 Å². The van der Waals surface area contributed by atoms with Gasteiger partial charge in [-0.1, -0.05) is 29.8 Å². The van der Waals surface area contributed by atoms with Crippen LogP contribution in [0.25, 0.3) is 6.08 Å². The highest BCUT2D eigenvalue weighted by atomic mass is 32.2. The van der Waals surface area contributed by atoms with Crippen LogP contribution in [0.15, 0.2) is 59.3 Å². The maximum atomic E-state index is 12.3. The third-order valence-corrected chi connectivity index (χ3v) is 5.75. The topological polar surface area (TPSA) is 131 Å². The fraction of sp³-hybridized carbons (Fsp3) is 0.182. The molecule has 9 nitrogen and oxygen atoms in total. The van der Waals surface area contributed by atoms with Gasteiger partial charge in [0.25, 0.3) is 11.1 Å². The Hall–Kier alpha value is -3.75. The van der Waals surface area contributed by atoms with Crippen molar-refractivity contribution in [1.82, 2.24) is 9.36 Å². The molecule has 0 unspecified atom stereocenters. The minimum absolute atomic E-state index is 0.0156. The van der Waals surface area contributed by atoms with Crippen LogP contribution in [0.1, 0.15) is 11.1 Å². The number of sulfone groups is 1. The lowest BCUT2D eigenvalue weighted by Gasteiger charge is -2.09. The van der Waals surface area contributed by atoms with Crippen LogP contribution < -0.4 is 14.8 Å². The number of rotatable bonds is 9. The van der Waals surface area contributed by atoms with Crippen molar-refractivity contribution >= 4 is 38.5 Å². The number of hydrogen-bond acceptors (Lipinski definition) is 9. The molecule has 3 rings (SSSR count). The SMILES string of the molecule is Cc1ccc(OCCOc2ccc(/C=C(/C#N)C(=O)Nc3nc(S(C)(=O)=O)ns3)cc2)cc1. The van der Waals surface area contributed by atoms with Crippen molar-refractivity contribution in [2.75, 3.05) is 24.8 Å². The Kier molecular flexibility index (Phi) is 7.76. The van der Waals surface area contributed by atoms with E-state index in [0.717, 1.165) is 17.6 Å². The molecule has 1 heterocycles. The van der Waals surface area contributed by atoms with Crippen molar-refractivity contribution in [2.24, 2.45) is 0 Å². The number of anilines is 1. The zero-order valence-corrected chi connectivity index (χ0v) is 19.4. The van der Waals surface area contributed by atoms with Gasteiger partial charge in [0.1, 0.15) is 36.4 Å². The molecule has 0 saturated heterocycles. The number of aromatic nitrogens is 2. The van der Waals surface area contributed by atoms with E-state index in [9.17, 15) is 18.5 Å². The molecule has 170 valence electrons. The first kappa shape index (κ1) is 23.9. The third-order valence-electron chi connectivity index (χ3n) is 4.16. The minimum Gasteiger partial charge on any atom is -0.490 e. The summed E-state index contributed by atoms with van der Waals surface area (Å²) in [6.45, 7) is 2.75. The van der Waals surface area contributed by atoms with Crippen LogP contribution in [0.5, 0.6) is 11.5 Å². The Labute approximate surface area is 195 Å². The summed E-state index contributed by atoms with van der Waals surface area (Å²) in [5.74, 6) is 0.667. The standard InChI is InChI=1S/C22H20N4O5S2/c1-15-3-7-18(8-4-15)30-11-12-31-19-9-5-16(6-10-19)13-17(14-23)20(27)24-21-25-22(26-32-21)33(2,28)29/h3-10,13H,11-12H2,1-2H3,(H,24,25,26,27)/b17-13-. The van der Waals surface area contributed by atoms with Crippen LogP contribution in [-0.2, 0) is 14.6 Å². The summed E-state index contributed by atoms with van der Waals surface area (Å²) in [5, 5.41) is 11.3. The summed E-state index contributed by atoms with van der Waals surface area (Å²) in [6, 6.07) is 16.4. The van der Waals surface area contributed by atoms with E-state index in [0.29, 0.717) is 36.1 Å². The number of amides is 1. The minimum atomic E-state index is -3.58. The van der Waals surface area contributed by atoms with E-state index in [1.54, 1.807) is 24.3 Å². The van der Waals surface area contributed by atoms with E-state index < -0.39 is 15.7 Å². The number of carbonyl (C=O) groups is 1. The van der Waals surface area contributed by atoms with E-state index in [4.69, 9.17) is 9.47 Å². The summed E-state index contributed by atoms with van der Waals surface area (Å²) in [4.78, 5) is 16.1. The van der Waals surface area contributed by atoms with Gasteiger partial charge in [-0.2, -0.15) is 14.6 Å². The lowest BCUT2D eigenvalue weighted by Crippen LogP contribution is -2.13. The van der Waals surface area contributed by atoms with Gasteiger partial charge in [-0.05, 0) is 42.8 Å². The predicted molar refractivity (Wildman–Crippen MR) is 124 cm³/mol. The molecule has 0 aliphatic heterocycles. The summed E-state index contributed by atoms with van der Waals surface area (Å²) in [6.07, 6.45) is 2.36. The second kappa shape index (κ2) is 10.7. The van der Waals surface area contributed by atoms with Crippen molar-refractivity contribution in [2.45, 2.75) is 12.1 Å². The van der Waals surface area contributed by atoms with E-state index in [1.165, 1.54) is 6.08 Å². The average Bonchev–Trinajstić information content (AvgIpc) is 3.26. The molecule has 1 aromatic heterocycles. The number of ether oxygens (including phenoxy) is 2. The molecule has 0 fully saturated rings. The molecule has 33 heavy (non-hydrogen) atoms. The lowest BCUT2D eigenvalue weighted by molar-refractivity contribution is -0.112. The molecule has 11 heteroatoms. The maximum absolute atomic E-state index is 12.3. The first-order chi connectivity index (χ1) is 15.7. The highest BCUT2D eigenvalue weighted by Gasteiger charge is 2.17. The Bertz CT molecular complexity index is 1290. The number of hydrogen-bond donors (Lipinski definition) is 1. The zero-order valence-electron chi connectivity index (χ0n) is 17.8. The van der Waals surface area contributed by atoms with E-state index in [-0.39, 0.29) is 15.9 Å². The molecule has 0 radical (unpaired) electrons. The van der Waals surface area contributed by atoms with Crippen molar-refractivity contribution < 1.29 is 22.7 Å². The number of nitrogens with zero attached hydrogens (tertiary/aromatic N) is 3. The number of aryl methyl sites for hydroxylation is 1. The largest absolute Gasteiger partial charge is 0.490 e. The maximum Gasteiger partial charge on any atom is 0.268 e. The number of nitrogens with one attached hydrogen (secondary N) is 1. The van der Waals surface area contributed by atoms with Crippen LogP contribution in [0.2, 0.25) is 0 Å². The fourth-order valence-corrected chi connectivity index (χ4v) is 3.94. The highest BCUT2D eigenvalue weighted by Crippen LogP contribution is 2.18. The molecule has 0 spiro atoms. The van der Waals surface area contributed by atoms with Gasteiger partial charge in [0.15, 0.2) is 0 Å². The number of nitriles is 1. The molecule has 0 aliphatic rings. The van der Waals surface area contributed by atoms with E-state index in [1.807, 2.05) is 37.3 Å². The summed E-state index contributed by atoms with van der Waals surface area (Å²) in [7, 11) is -3.58. The highest BCUT2D eigenvalue weighted by molar-refractivity contribution is 7.90. The van der Waals surface area contributed by atoms with Crippen LogP contribution in [0.4, 0.5) is 5.13 Å². The molecule has 1 N–H and O–H groups in total. The molecular formula is C22H20N4O5S2. The van der Waals surface area contributed by atoms with Gasteiger partial charge < -0.3 is 9.47 Å². The quantitative estimate of drug-likeness (QED) is 0.278. The summed E-state index contributed by atoms with van der Waals surface area (Å²) in [5.41, 5.74) is 1.59. The first-order valence-corrected chi connectivity index (χ1v) is 12.3. The van der Waals surface area contributed by atoms with Crippen LogP contribution >= 0.6 is 11.5 Å². The van der Waals surface area contributed by atoms with Crippen molar-refractivity contribution in [3.05, 3.63) is 65.2 Å². The monoisotopic (exact) mass is 484 g/mol. The second-order valence-electron chi connectivity index (χ2n) is 6.86. The van der Waals surface area contributed by atoms with Gasteiger partial charge in [0.2, 0.25) is 15.0 Å². The van der Waals surface area contributed by atoms with Crippen molar-refractivity contribution in [1.29, 1.82) is 5.26 Å². The van der Waals surface area contributed by atoms with Gasteiger partial charge in [-0.15, -0.1) is 0 Å². The smallest absolute Gasteiger partial charge is 0.268 e. The molecule has 0 saturated carbocycles. The molecule has 0 aliphatic carbocycles. The fourth-order valence-electron chi connectivity index (χ4n) is 2.50. The van der Waals surface area contributed by atoms with Crippen LogP contribution in [0, 0.1) is 18.3 Å². The van der Waals surface area contributed by atoms with Crippen molar-refractivity contribution in [3.63, 3.8) is 0 Å². The third kappa shape index (κ3) is 7.13. The molecule has 2 aromatic carbocycles. The molecule has 3 aromatic rings. The average molecular weight is 485 g/mol. The van der Waals surface area contributed by atoms with Gasteiger partial charge >= 0.3 is 0 Å². The number of carbonyl (C=O) groups excluding carboxylic acids is 1. The summed E-state index contributed by atoms with van der Waals surface area (Å²) >= 11 is 0.714. The summed E-state index contributed by atoms with van der Waals surface area (Å²) < 4.78 is 37.8. The Morgan fingerprint density at radius 1 is 1.09 bits per heavy atom. The Morgan fingerprint density at radius 2 is 1.67 bits per heavy atom. The zero-order chi connectivity index (χ0) is 23.8. The van der Waals surface area contributed by atoms with Crippen LogP contribution in [0.3, 0.4) is 0 Å². The second-order valence-corrected chi connectivity index (χ2v) is 9.52. The Morgan fingerprint density at radius 3 is 2.18 bits per heavy atom. The van der Waals surface area contributed by atoms with Crippen LogP contribution in [-0.4, -0.2) is 43.2 Å². The molecule has 0 bridgehead atoms.